The molecule has 0 aliphatic rings. The summed E-state index contributed by atoms with van der Waals surface area (Å²) in [6.07, 6.45) is 0.0517. The largest absolute Gasteiger partial charge is 0.481 e. The molecule has 0 fully saturated rings. The van der Waals surface area contributed by atoms with Crippen molar-refractivity contribution in [2.75, 3.05) is 17.6 Å². The summed E-state index contributed by atoms with van der Waals surface area (Å²) in [6.45, 7) is 0. The number of nitrogens with one attached hydrogen (secondary N) is 1. The molecule has 0 spiro atoms. The highest BCUT2D eigenvalue weighted by atomic mass is 32.2. The van der Waals surface area contributed by atoms with E-state index in [0.717, 1.165) is 0 Å². The van der Waals surface area contributed by atoms with E-state index in [0.29, 0.717) is 17.7 Å². The zero-order valence-electron chi connectivity index (χ0n) is 11.5. The summed E-state index contributed by atoms with van der Waals surface area (Å²) in [4.78, 5) is 21.5. The van der Waals surface area contributed by atoms with Gasteiger partial charge in [-0.2, -0.15) is 0 Å². The van der Waals surface area contributed by atoms with E-state index in [1.54, 1.807) is 24.3 Å². The number of anilines is 1. The Labute approximate surface area is 123 Å². The molecule has 0 aliphatic carbocycles. The number of benzene rings is 1. The van der Waals surface area contributed by atoms with Crippen LogP contribution in [0, 0.1) is 0 Å². The van der Waals surface area contributed by atoms with Gasteiger partial charge < -0.3 is 9.84 Å². The van der Waals surface area contributed by atoms with Gasteiger partial charge in [0, 0.05) is 12.1 Å². The third-order valence-corrected chi connectivity index (χ3v) is 3.92. The van der Waals surface area contributed by atoms with Gasteiger partial charge in [0.1, 0.15) is 0 Å². The van der Waals surface area contributed by atoms with Crippen LogP contribution in [0.25, 0.3) is 0 Å². The molecule has 1 aromatic rings. The van der Waals surface area contributed by atoms with Crippen molar-refractivity contribution in [1.29, 1.82) is 0 Å². The molecule has 1 aromatic carbocycles. The Hall–Kier alpha value is -2.09. The number of hydrogen-bond acceptors (Lipinski definition) is 5. The van der Waals surface area contributed by atoms with Gasteiger partial charge >= 0.3 is 11.9 Å². The van der Waals surface area contributed by atoms with Gasteiger partial charge in [0.15, 0.2) is 0 Å². The van der Waals surface area contributed by atoms with Gasteiger partial charge in [-0.3, -0.25) is 14.3 Å². The van der Waals surface area contributed by atoms with Gasteiger partial charge in [-0.15, -0.1) is 0 Å². The van der Waals surface area contributed by atoms with Crippen LogP contribution in [-0.2, 0) is 30.8 Å². The van der Waals surface area contributed by atoms with Gasteiger partial charge in [-0.1, -0.05) is 12.1 Å². The number of carbonyl (C=O) groups is 2. The van der Waals surface area contributed by atoms with Crippen LogP contribution in [0.2, 0.25) is 0 Å². The average Bonchev–Trinajstić information content (AvgIpc) is 2.42. The highest BCUT2D eigenvalue weighted by Gasteiger charge is 2.14. The quantitative estimate of drug-likeness (QED) is 0.693. The number of carboxylic acids is 1. The van der Waals surface area contributed by atoms with Crippen LogP contribution in [0.15, 0.2) is 24.3 Å². The number of esters is 1. The van der Waals surface area contributed by atoms with Crippen LogP contribution in [0.3, 0.4) is 0 Å². The van der Waals surface area contributed by atoms with E-state index in [2.05, 4.69) is 9.46 Å². The lowest BCUT2D eigenvalue weighted by Gasteiger charge is -2.09. The lowest BCUT2D eigenvalue weighted by atomic mass is 10.1. The van der Waals surface area contributed by atoms with Crippen molar-refractivity contribution < 1.29 is 27.9 Å². The summed E-state index contributed by atoms with van der Waals surface area (Å²) >= 11 is 0. The fourth-order valence-corrected chi connectivity index (χ4v) is 2.62. The third-order valence-electron chi connectivity index (χ3n) is 2.63. The summed E-state index contributed by atoms with van der Waals surface area (Å²) in [5, 5.41) is 8.62. The van der Waals surface area contributed by atoms with Crippen LogP contribution in [0.5, 0.6) is 0 Å². The molecular formula is C13H17NO6S. The molecule has 21 heavy (non-hydrogen) atoms. The molecule has 0 atom stereocenters. The third kappa shape index (κ3) is 6.75. The second-order valence-corrected chi connectivity index (χ2v) is 6.18. The maximum atomic E-state index is 11.8. The summed E-state index contributed by atoms with van der Waals surface area (Å²) in [5.41, 5.74) is 1.05. The van der Waals surface area contributed by atoms with Crippen molar-refractivity contribution in [3.05, 3.63) is 29.8 Å². The fourth-order valence-electron chi connectivity index (χ4n) is 1.59. The molecule has 116 valence electrons. The molecule has 0 amide bonds. The number of hydrogen-bond donors (Lipinski definition) is 2. The minimum atomic E-state index is -3.65. The van der Waals surface area contributed by atoms with Crippen molar-refractivity contribution in [3.8, 4) is 0 Å². The first-order chi connectivity index (χ1) is 9.82. The molecule has 0 unspecified atom stereocenters. The molecule has 7 nitrogen and oxygen atoms in total. The molecular weight excluding hydrogens is 298 g/mol. The lowest BCUT2D eigenvalue weighted by molar-refractivity contribution is -0.140. The van der Waals surface area contributed by atoms with E-state index in [4.69, 9.17) is 5.11 Å². The Morgan fingerprint density at radius 3 is 2.62 bits per heavy atom. The number of ether oxygens (including phenoxy) is 1. The number of sulfonamides is 1. The minimum absolute atomic E-state index is 0.0292. The number of methoxy groups -OCH3 is 1. The highest BCUT2D eigenvalue weighted by molar-refractivity contribution is 7.92. The van der Waals surface area contributed by atoms with Crippen LogP contribution < -0.4 is 4.72 Å². The summed E-state index contributed by atoms with van der Waals surface area (Å²) in [5.74, 6) is -1.89. The standard InChI is InChI=1S/C13H17NO6S/c1-20-13(17)7-8-21(18,19)14-11-4-2-3-10(9-11)5-6-12(15)16/h2-4,9,14H,5-8H2,1H3,(H,15,16). The Balaban J connectivity index is 2.67. The Kier molecular flexibility index (Phi) is 6.16. The van der Waals surface area contributed by atoms with Gasteiger partial charge in [-0.25, -0.2) is 8.42 Å². The van der Waals surface area contributed by atoms with E-state index in [1.165, 1.54) is 7.11 Å². The molecule has 0 saturated heterocycles. The van der Waals surface area contributed by atoms with Crippen LogP contribution in [0.4, 0.5) is 5.69 Å². The van der Waals surface area contributed by atoms with E-state index >= 15 is 0 Å². The maximum absolute atomic E-state index is 11.8. The Bertz CT molecular complexity index is 611. The SMILES string of the molecule is COC(=O)CCS(=O)(=O)Nc1cccc(CCC(=O)O)c1. The summed E-state index contributed by atoms with van der Waals surface area (Å²) in [6, 6.07) is 6.48. The maximum Gasteiger partial charge on any atom is 0.306 e. The molecule has 0 heterocycles. The molecule has 0 radical (unpaired) electrons. The van der Waals surface area contributed by atoms with Crippen molar-refractivity contribution in [1.82, 2.24) is 0 Å². The minimum Gasteiger partial charge on any atom is -0.481 e. The predicted octanol–water partition coefficient (Wildman–Crippen LogP) is 1.01. The number of carboxylic acid groups (broad SMARTS) is 1. The molecule has 1 rings (SSSR count). The average molecular weight is 315 g/mol. The first-order valence-electron chi connectivity index (χ1n) is 6.20. The summed E-state index contributed by atoms with van der Waals surface area (Å²) in [7, 11) is -2.47. The zero-order chi connectivity index (χ0) is 15.9. The second-order valence-electron chi connectivity index (χ2n) is 4.34. The summed E-state index contributed by atoms with van der Waals surface area (Å²) < 4.78 is 30.3. The highest BCUT2D eigenvalue weighted by Crippen LogP contribution is 2.14. The molecule has 0 aliphatic heterocycles. The smallest absolute Gasteiger partial charge is 0.306 e. The van der Waals surface area contributed by atoms with E-state index in [-0.39, 0.29) is 18.6 Å². The second kappa shape index (κ2) is 7.63. The number of carbonyl (C=O) groups excluding carboxylic acids is 1. The molecule has 0 bridgehead atoms. The fraction of sp³-hybridized carbons (Fsp3) is 0.385. The van der Waals surface area contributed by atoms with Gasteiger partial charge in [0.05, 0.1) is 19.3 Å². The van der Waals surface area contributed by atoms with E-state index < -0.39 is 22.0 Å². The topological polar surface area (TPSA) is 110 Å². The predicted molar refractivity (Wildman–Crippen MR) is 76.4 cm³/mol. The van der Waals surface area contributed by atoms with Crippen LogP contribution in [0.1, 0.15) is 18.4 Å². The molecule has 2 N–H and O–H groups in total. The van der Waals surface area contributed by atoms with E-state index in [1.807, 2.05) is 0 Å². The Morgan fingerprint density at radius 1 is 1.29 bits per heavy atom. The molecule has 0 aromatic heterocycles. The number of aryl methyl sites for hydroxylation is 1. The first kappa shape index (κ1) is 17.0. The number of aliphatic carboxylic acids is 1. The van der Waals surface area contributed by atoms with Gasteiger partial charge in [0.2, 0.25) is 10.0 Å². The first-order valence-corrected chi connectivity index (χ1v) is 7.85. The normalized spacial score (nSPS) is 10.9. The molecule has 0 saturated carbocycles. The van der Waals surface area contributed by atoms with Crippen LogP contribution in [-0.4, -0.2) is 38.3 Å². The van der Waals surface area contributed by atoms with Gasteiger partial charge in [-0.05, 0) is 24.1 Å². The van der Waals surface area contributed by atoms with Crippen molar-refractivity contribution in [2.45, 2.75) is 19.3 Å². The van der Waals surface area contributed by atoms with E-state index in [9.17, 15) is 18.0 Å². The lowest BCUT2D eigenvalue weighted by Crippen LogP contribution is -2.19. The van der Waals surface area contributed by atoms with Crippen molar-refractivity contribution >= 4 is 27.6 Å². The van der Waals surface area contributed by atoms with Crippen molar-refractivity contribution in [3.63, 3.8) is 0 Å². The monoisotopic (exact) mass is 315 g/mol. The number of rotatable bonds is 8. The van der Waals surface area contributed by atoms with Crippen LogP contribution >= 0.6 is 0 Å². The molecule has 8 heteroatoms. The Morgan fingerprint density at radius 2 is 2.00 bits per heavy atom. The van der Waals surface area contributed by atoms with Crippen molar-refractivity contribution in [2.24, 2.45) is 0 Å². The zero-order valence-corrected chi connectivity index (χ0v) is 12.4. The van der Waals surface area contributed by atoms with Gasteiger partial charge in [0.25, 0.3) is 0 Å².